The van der Waals surface area contributed by atoms with Crippen LogP contribution in [0.4, 0.5) is 18.9 Å². The van der Waals surface area contributed by atoms with Crippen molar-refractivity contribution < 1.29 is 22.8 Å². The normalized spacial score (nSPS) is 10.7. The van der Waals surface area contributed by atoms with Crippen molar-refractivity contribution in [2.24, 2.45) is 7.05 Å². The van der Waals surface area contributed by atoms with E-state index in [9.17, 15) is 22.8 Å². The predicted molar refractivity (Wildman–Crippen MR) is 104 cm³/mol. The second-order valence-corrected chi connectivity index (χ2v) is 7.03. The van der Waals surface area contributed by atoms with E-state index in [1.807, 2.05) is 0 Å². The Labute approximate surface area is 173 Å². The molecule has 2 amide bonds. The fourth-order valence-electron chi connectivity index (χ4n) is 2.43. The first-order chi connectivity index (χ1) is 14.3. The number of aromatic nitrogens is 3. The summed E-state index contributed by atoms with van der Waals surface area (Å²) >= 11 is 1.07. The van der Waals surface area contributed by atoms with Crippen LogP contribution in [0.15, 0.2) is 47.6 Å². The van der Waals surface area contributed by atoms with Crippen molar-refractivity contribution in [1.82, 2.24) is 20.1 Å². The van der Waals surface area contributed by atoms with Crippen molar-refractivity contribution in [1.29, 1.82) is 0 Å². The first-order valence-electron chi connectivity index (χ1n) is 8.64. The number of carbonyl (C=O) groups is 2. The molecule has 0 bridgehead atoms. The minimum absolute atomic E-state index is 0.0122. The van der Waals surface area contributed by atoms with Gasteiger partial charge in [-0.15, -0.1) is 10.2 Å². The molecule has 0 radical (unpaired) electrons. The van der Waals surface area contributed by atoms with Crippen LogP contribution in [0.3, 0.4) is 0 Å². The molecule has 7 nitrogen and oxygen atoms in total. The minimum atomic E-state index is -1.06. The third kappa shape index (κ3) is 5.17. The quantitative estimate of drug-likeness (QED) is 0.557. The molecule has 0 saturated carbocycles. The molecule has 0 aliphatic carbocycles. The Morgan fingerprint density at radius 2 is 1.80 bits per heavy atom. The van der Waals surface area contributed by atoms with Gasteiger partial charge in [0, 0.05) is 18.8 Å². The third-order valence-corrected chi connectivity index (χ3v) is 5.01. The monoisotopic (exact) mass is 435 g/mol. The third-order valence-electron chi connectivity index (χ3n) is 3.99. The summed E-state index contributed by atoms with van der Waals surface area (Å²) in [5, 5.41) is 13.3. The van der Waals surface area contributed by atoms with E-state index in [0.717, 1.165) is 23.9 Å². The number of nitrogens with zero attached hydrogens (tertiary/aromatic N) is 3. The van der Waals surface area contributed by atoms with Gasteiger partial charge in [-0.3, -0.25) is 9.59 Å². The van der Waals surface area contributed by atoms with Crippen molar-refractivity contribution in [3.8, 4) is 0 Å². The second-order valence-electron chi connectivity index (χ2n) is 6.09. The summed E-state index contributed by atoms with van der Waals surface area (Å²) in [6, 6.07) is 8.66. The summed E-state index contributed by atoms with van der Waals surface area (Å²) in [5.41, 5.74) is 0.0529. The molecule has 0 atom stereocenters. The van der Waals surface area contributed by atoms with Crippen LogP contribution in [0.2, 0.25) is 0 Å². The van der Waals surface area contributed by atoms with E-state index in [0.29, 0.717) is 11.0 Å². The number of hydrogen-bond donors (Lipinski definition) is 2. The van der Waals surface area contributed by atoms with Gasteiger partial charge in [-0.05, 0) is 24.3 Å². The largest absolute Gasteiger partial charge is 0.345 e. The molecular weight excluding hydrogens is 419 g/mol. The van der Waals surface area contributed by atoms with Crippen LogP contribution < -0.4 is 10.6 Å². The van der Waals surface area contributed by atoms with Crippen molar-refractivity contribution in [2.45, 2.75) is 11.7 Å². The Hall–Kier alpha value is -3.34. The zero-order valence-electron chi connectivity index (χ0n) is 15.7. The number of thioether (sulfide) groups is 1. The molecule has 2 N–H and O–H groups in total. The number of carbonyl (C=O) groups excluding carboxylic acids is 2. The Morgan fingerprint density at radius 3 is 2.53 bits per heavy atom. The van der Waals surface area contributed by atoms with E-state index in [-0.39, 0.29) is 23.5 Å². The Balaban J connectivity index is 1.53. The van der Waals surface area contributed by atoms with Gasteiger partial charge < -0.3 is 15.2 Å². The molecule has 0 spiro atoms. The summed E-state index contributed by atoms with van der Waals surface area (Å²) in [6.45, 7) is 0.0122. The predicted octanol–water partition coefficient (Wildman–Crippen LogP) is 2.89. The first-order valence-corrected chi connectivity index (χ1v) is 9.62. The highest BCUT2D eigenvalue weighted by Gasteiger charge is 2.15. The molecule has 30 heavy (non-hydrogen) atoms. The lowest BCUT2D eigenvalue weighted by atomic mass is 10.2. The molecule has 156 valence electrons. The average Bonchev–Trinajstić information content (AvgIpc) is 3.07. The van der Waals surface area contributed by atoms with E-state index >= 15 is 0 Å². The maximum absolute atomic E-state index is 13.6. The van der Waals surface area contributed by atoms with Gasteiger partial charge in [0.15, 0.2) is 22.6 Å². The van der Waals surface area contributed by atoms with Crippen LogP contribution in [0, 0.1) is 17.5 Å². The fraction of sp³-hybridized carbons (Fsp3) is 0.158. The van der Waals surface area contributed by atoms with Gasteiger partial charge in [0.1, 0.15) is 5.82 Å². The molecular formula is C19H16F3N5O2S. The number of amides is 2. The van der Waals surface area contributed by atoms with E-state index in [1.165, 1.54) is 24.3 Å². The lowest BCUT2D eigenvalue weighted by molar-refractivity contribution is -0.113. The van der Waals surface area contributed by atoms with Gasteiger partial charge in [0.05, 0.1) is 17.9 Å². The molecule has 2 aromatic carbocycles. The van der Waals surface area contributed by atoms with E-state index in [2.05, 4.69) is 20.8 Å². The highest BCUT2D eigenvalue weighted by molar-refractivity contribution is 7.99. The minimum Gasteiger partial charge on any atom is -0.345 e. The van der Waals surface area contributed by atoms with E-state index < -0.39 is 29.3 Å². The molecule has 3 aromatic rings. The standard InChI is InChI=1S/C19H16F3N5O2S/c1-27-16(9-23-18(29)12-4-2-3-5-13(12)20)25-26-19(27)30-10-17(28)24-11-6-7-14(21)15(22)8-11/h2-8H,9-10H2,1H3,(H,23,29)(H,24,28). The molecule has 0 unspecified atom stereocenters. The highest BCUT2D eigenvalue weighted by atomic mass is 32.2. The fourth-order valence-corrected chi connectivity index (χ4v) is 3.16. The van der Waals surface area contributed by atoms with Crippen LogP contribution >= 0.6 is 11.8 Å². The maximum atomic E-state index is 13.6. The smallest absolute Gasteiger partial charge is 0.254 e. The molecule has 0 saturated heterocycles. The van der Waals surface area contributed by atoms with E-state index in [4.69, 9.17) is 0 Å². The van der Waals surface area contributed by atoms with Crippen LogP contribution in [-0.4, -0.2) is 32.3 Å². The number of anilines is 1. The van der Waals surface area contributed by atoms with Crippen LogP contribution in [0.1, 0.15) is 16.2 Å². The zero-order chi connectivity index (χ0) is 21.7. The van der Waals surface area contributed by atoms with Gasteiger partial charge in [-0.2, -0.15) is 0 Å². The highest BCUT2D eigenvalue weighted by Crippen LogP contribution is 2.18. The molecule has 0 aliphatic rings. The van der Waals surface area contributed by atoms with Crippen LogP contribution in [-0.2, 0) is 18.4 Å². The number of rotatable bonds is 7. The Morgan fingerprint density at radius 1 is 1.03 bits per heavy atom. The summed E-state index contributed by atoms with van der Waals surface area (Å²) in [7, 11) is 1.65. The van der Waals surface area contributed by atoms with Crippen LogP contribution in [0.25, 0.3) is 0 Å². The molecule has 1 aromatic heterocycles. The number of nitrogens with one attached hydrogen (secondary N) is 2. The molecule has 3 rings (SSSR count). The topological polar surface area (TPSA) is 88.9 Å². The van der Waals surface area contributed by atoms with Crippen molar-refractivity contribution in [3.63, 3.8) is 0 Å². The molecule has 1 heterocycles. The Kier molecular flexibility index (Phi) is 6.72. The van der Waals surface area contributed by atoms with Gasteiger partial charge in [-0.1, -0.05) is 23.9 Å². The number of benzene rings is 2. The summed E-state index contributed by atoms with van der Waals surface area (Å²) in [5.74, 6) is -3.36. The summed E-state index contributed by atoms with van der Waals surface area (Å²) in [4.78, 5) is 24.1. The average molecular weight is 435 g/mol. The SMILES string of the molecule is Cn1c(CNC(=O)c2ccccc2F)nnc1SCC(=O)Nc1ccc(F)c(F)c1. The zero-order valence-corrected chi connectivity index (χ0v) is 16.5. The van der Waals surface area contributed by atoms with Gasteiger partial charge in [-0.25, -0.2) is 13.2 Å². The van der Waals surface area contributed by atoms with Gasteiger partial charge in [0.2, 0.25) is 5.91 Å². The number of halogens is 3. The lowest BCUT2D eigenvalue weighted by Crippen LogP contribution is -2.25. The molecule has 0 fully saturated rings. The van der Waals surface area contributed by atoms with Crippen LogP contribution in [0.5, 0.6) is 0 Å². The van der Waals surface area contributed by atoms with Gasteiger partial charge >= 0.3 is 0 Å². The van der Waals surface area contributed by atoms with Crippen molar-refractivity contribution in [3.05, 3.63) is 71.3 Å². The molecule has 11 heteroatoms. The van der Waals surface area contributed by atoms with Crippen molar-refractivity contribution >= 4 is 29.3 Å². The number of hydrogen-bond acceptors (Lipinski definition) is 5. The van der Waals surface area contributed by atoms with Crippen molar-refractivity contribution in [2.75, 3.05) is 11.1 Å². The second kappa shape index (κ2) is 9.44. The summed E-state index contributed by atoms with van der Waals surface area (Å²) in [6.07, 6.45) is 0. The maximum Gasteiger partial charge on any atom is 0.254 e. The van der Waals surface area contributed by atoms with Gasteiger partial charge in [0.25, 0.3) is 5.91 Å². The lowest BCUT2D eigenvalue weighted by Gasteiger charge is -2.07. The van der Waals surface area contributed by atoms with E-state index in [1.54, 1.807) is 17.7 Å². The molecule has 0 aliphatic heterocycles. The summed E-state index contributed by atoms with van der Waals surface area (Å²) < 4.78 is 41.3. The Bertz CT molecular complexity index is 1090. The first kappa shape index (κ1) is 21.4.